The van der Waals surface area contributed by atoms with Gasteiger partial charge in [-0.05, 0) is 24.1 Å². The standard InChI is InChI=1S/C9H11NO3.Ca.2H/c10-8(9(12)13)5-6-1-3-7(11)4-2-6;;;/h1-4,8,11H,5,10H2,(H,12,13);;;/t8-;;;/m0.../s1. The molecule has 0 bridgehead atoms. The van der Waals surface area contributed by atoms with E-state index >= 15 is 0 Å². The second kappa shape index (κ2) is 6.24. The van der Waals surface area contributed by atoms with E-state index in [-0.39, 0.29) is 49.9 Å². The van der Waals surface area contributed by atoms with Gasteiger partial charge in [-0.2, -0.15) is 0 Å². The number of hydrogen-bond acceptors (Lipinski definition) is 3. The number of rotatable bonds is 3. The van der Waals surface area contributed by atoms with Gasteiger partial charge < -0.3 is 15.9 Å². The van der Waals surface area contributed by atoms with Crippen molar-refractivity contribution >= 4 is 43.7 Å². The molecule has 0 amide bonds. The van der Waals surface area contributed by atoms with Gasteiger partial charge in [0.2, 0.25) is 0 Å². The first kappa shape index (κ1) is 13.7. The van der Waals surface area contributed by atoms with Crippen LogP contribution in [0.5, 0.6) is 5.75 Å². The van der Waals surface area contributed by atoms with Gasteiger partial charge in [0.1, 0.15) is 11.8 Å². The Morgan fingerprint density at radius 2 is 1.86 bits per heavy atom. The number of carboxylic acid groups (broad SMARTS) is 1. The fourth-order valence-corrected chi connectivity index (χ4v) is 0.973. The molecular weight excluding hydrogens is 210 g/mol. The number of aliphatic carboxylic acids is 1. The quantitative estimate of drug-likeness (QED) is 0.599. The molecule has 1 aromatic rings. The molecule has 0 aromatic heterocycles. The SMILES string of the molecule is N[C@@H](Cc1ccc(O)cc1)C(=O)O.[CaH2]. The van der Waals surface area contributed by atoms with Crippen LogP contribution in [0.3, 0.4) is 0 Å². The Hall–Kier alpha value is -0.290. The molecule has 74 valence electrons. The first-order chi connectivity index (χ1) is 6.09. The van der Waals surface area contributed by atoms with E-state index in [1.807, 2.05) is 0 Å². The summed E-state index contributed by atoms with van der Waals surface area (Å²) in [5.41, 5.74) is 6.12. The van der Waals surface area contributed by atoms with Crippen LogP contribution < -0.4 is 5.73 Å². The normalized spacial score (nSPS) is 11.5. The topological polar surface area (TPSA) is 83.5 Å². The summed E-state index contributed by atoms with van der Waals surface area (Å²) in [6, 6.07) is 5.42. The average Bonchev–Trinajstić information content (AvgIpc) is 2.08. The summed E-state index contributed by atoms with van der Waals surface area (Å²) in [5, 5.41) is 17.5. The monoisotopic (exact) mass is 223 g/mol. The Morgan fingerprint density at radius 3 is 2.29 bits per heavy atom. The van der Waals surface area contributed by atoms with Crippen molar-refractivity contribution in [2.75, 3.05) is 0 Å². The first-order valence-corrected chi connectivity index (χ1v) is 3.86. The van der Waals surface area contributed by atoms with Crippen molar-refractivity contribution in [2.45, 2.75) is 12.5 Å². The number of aromatic hydroxyl groups is 1. The minimum atomic E-state index is -1.02. The molecule has 0 unspecified atom stereocenters. The number of benzene rings is 1. The van der Waals surface area contributed by atoms with Crippen molar-refractivity contribution in [1.82, 2.24) is 0 Å². The molecule has 0 aliphatic heterocycles. The van der Waals surface area contributed by atoms with Crippen molar-refractivity contribution in [3.8, 4) is 5.75 Å². The van der Waals surface area contributed by atoms with Gasteiger partial charge in [0.15, 0.2) is 0 Å². The Kier molecular flexibility index (Phi) is 6.11. The number of hydrogen-bond donors (Lipinski definition) is 3. The summed E-state index contributed by atoms with van der Waals surface area (Å²) in [4.78, 5) is 10.4. The molecule has 0 aliphatic carbocycles. The predicted molar refractivity (Wildman–Crippen MR) is 56.0 cm³/mol. The van der Waals surface area contributed by atoms with Crippen LogP contribution >= 0.6 is 0 Å². The van der Waals surface area contributed by atoms with Crippen LogP contribution in [0.25, 0.3) is 0 Å². The fraction of sp³-hybridized carbons (Fsp3) is 0.222. The number of phenolic OH excluding ortho intramolecular Hbond substituents is 1. The van der Waals surface area contributed by atoms with Crippen molar-refractivity contribution in [1.29, 1.82) is 0 Å². The summed E-state index contributed by atoms with van der Waals surface area (Å²) in [7, 11) is 0. The number of phenols is 1. The predicted octanol–water partition coefficient (Wildman–Crippen LogP) is -0.570. The van der Waals surface area contributed by atoms with Gasteiger partial charge in [-0.25, -0.2) is 0 Å². The fourth-order valence-electron chi connectivity index (χ4n) is 0.973. The minimum absolute atomic E-state index is 0. The third-order valence-corrected chi connectivity index (χ3v) is 1.71. The number of carbonyl (C=O) groups is 1. The van der Waals surface area contributed by atoms with E-state index in [2.05, 4.69) is 0 Å². The van der Waals surface area contributed by atoms with E-state index in [0.717, 1.165) is 5.56 Å². The third kappa shape index (κ3) is 4.28. The van der Waals surface area contributed by atoms with Gasteiger partial charge in [0.25, 0.3) is 0 Å². The molecule has 14 heavy (non-hydrogen) atoms. The zero-order valence-corrected chi connectivity index (χ0v) is 6.97. The zero-order valence-electron chi connectivity index (χ0n) is 6.97. The van der Waals surface area contributed by atoms with Crippen LogP contribution in [0, 0.1) is 0 Å². The van der Waals surface area contributed by atoms with Crippen LogP contribution in [0.1, 0.15) is 5.56 Å². The molecule has 0 radical (unpaired) electrons. The maximum atomic E-state index is 10.4. The van der Waals surface area contributed by atoms with Crippen LogP contribution in [0.4, 0.5) is 0 Å². The van der Waals surface area contributed by atoms with E-state index < -0.39 is 12.0 Å². The summed E-state index contributed by atoms with van der Waals surface area (Å²) in [6.07, 6.45) is 0.273. The van der Waals surface area contributed by atoms with Gasteiger partial charge in [-0.15, -0.1) is 0 Å². The van der Waals surface area contributed by atoms with E-state index in [9.17, 15) is 4.79 Å². The van der Waals surface area contributed by atoms with E-state index in [4.69, 9.17) is 15.9 Å². The second-order valence-corrected chi connectivity index (χ2v) is 2.82. The Labute approximate surface area is 112 Å². The molecule has 1 aromatic carbocycles. The van der Waals surface area contributed by atoms with Crippen molar-refractivity contribution in [3.05, 3.63) is 29.8 Å². The van der Waals surface area contributed by atoms with Gasteiger partial charge in [-0.1, -0.05) is 12.1 Å². The summed E-state index contributed by atoms with van der Waals surface area (Å²) < 4.78 is 0. The van der Waals surface area contributed by atoms with E-state index in [0.29, 0.717) is 0 Å². The molecule has 0 saturated heterocycles. The molecule has 1 rings (SSSR count). The molecule has 1 atom stereocenters. The average molecular weight is 223 g/mol. The molecule has 0 aliphatic rings. The van der Waals surface area contributed by atoms with Crippen LogP contribution in [-0.4, -0.2) is 60.0 Å². The Morgan fingerprint density at radius 1 is 1.36 bits per heavy atom. The summed E-state index contributed by atoms with van der Waals surface area (Å²) in [6.45, 7) is 0. The summed E-state index contributed by atoms with van der Waals surface area (Å²) in [5.74, 6) is -0.860. The third-order valence-electron chi connectivity index (χ3n) is 1.71. The molecule has 5 heteroatoms. The van der Waals surface area contributed by atoms with Crippen molar-refractivity contribution < 1.29 is 15.0 Å². The Balaban J connectivity index is 0.00000169. The van der Waals surface area contributed by atoms with Gasteiger partial charge in [0.05, 0.1) is 0 Å². The van der Waals surface area contributed by atoms with E-state index in [1.165, 1.54) is 12.1 Å². The maximum absolute atomic E-state index is 10.4. The Bertz CT molecular complexity index is 299. The number of nitrogens with two attached hydrogens (primary N) is 1. The summed E-state index contributed by atoms with van der Waals surface area (Å²) >= 11 is 0. The first-order valence-electron chi connectivity index (χ1n) is 3.86. The van der Waals surface area contributed by atoms with Gasteiger partial charge in [-0.3, -0.25) is 4.79 Å². The van der Waals surface area contributed by atoms with Gasteiger partial charge in [0, 0.05) is 0 Å². The molecule has 4 nitrogen and oxygen atoms in total. The molecule has 0 saturated carbocycles. The molecule has 0 heterocycles. The van der Waals surface area contributed by atoms with Gasteiger partial charge >= 0.3 is 43.7 Å². The van der Waals surface area contributed by atoms with Crippen LogP contribution in [0.2, 0.25) is 0 Å². The van der Waals surface area contributed by atoms with Crippen LogP contribution in [-0.2, 0) is 11.2 Å². The zero-order chi connectivity index (χ0) is 9.84. The molecule has 0 fully saturated rings. The molecule has 4 N–H and O–H groups in total. The second-order valence-electron chi connectivity index (χ2n) is 2.82. The van der Waals surface area contributed by atoms with E-state index in [1.54, 1.807) is 12.1 Å². The number of carboxylic acids is 1. The van der Waals surface area contributed by atoms with Crippen LogP contribution in [0.15, 0.2) is 24.3 Å². The van der Waals surface area contributed by atoms with Crippen molar-refractivity contribution in [3.63, 3.8) is 0 Å². The van der Waals surface area contributed by atoms with Crippen molar-refractivity contribution in [2.24, 2.45) is 5.73 Å². The molecular formula is C9H13CaNO3. The molecule has 0 spiro atoms.